The van der Waals surface area contributed by atoms with Crippen LogP contribution in [-0.4, -0.2) is 12.5 Å². The van der Waals surface area contributed by atoms with Crippen molar-refractivity contribution in [3.63, 3.8) is 0 Å². The fraction of sp³-hybridized carbons (Fsp3) is 0.136. The Morgan fingerprint density at radius 3 is 2.46 bits per heavy atom. The Kier molecular flexibility index (Phi) is 5.59. The third kappa shape index (κ3) is 3.73. The van der Waals surface area contributed by atoms with Crippen molar-refractivity contribution in [2.75, 3.05) is 11.9 Å². The molecule has 0 bridgehead atoms. The summed E-state index contributed by atoms with van der Waals surface area (Å²) in [5.74, 6) is 0.472. The molecular weight excluding hydrogens is 342 g/mol. The Labute approximate surface area is 160 Å². The van der Waals surface area contributed by atoms with E-state index < -0.39 is 0 Å². The zero-order valence-electron chi connectivity index (χ0n) is 14.5. The Morgan fingerprint density at radius 2 is 1.65 bits per heavy atom. The zero-order valence-corrected chi connectivity index (χ0v) is 15.3. The number of aryl methyl sites for hydroxylation is 1. The molecule has 3 aromatic carbocycles. The summed E-state index contributed by atoms with van der Waals surface area (Å²) in [5, 5.41) is 5.73. The highest BCUT2D eigenvalue weighted by molar-refractivity contribution is 6.11. The second kappa shape index (κ2) is 8.07. The molecule has 0 amide bonds. The molecule has 3 aromatic rings. The van der Waals surface area contributed by atoms with Gasteiger partial charge in [-0.15, -0.1) is 12.4 Å². The minimum absolute atomic E-state index is 0. The number of rotatable bonds is 5. The van der Waals surface area contributed by atoms with Gasteiger partial charge in [0.1, 0.15) is 0 Å². The van der Waals surface area contributed by atoms with Gasteiger partial charge in [-0.05, 0) is 41.0 Å². The summed E-state index contributed by atoms with van der Waals surface area (Å²) in [6.07, 6.45) is 6.31. The number of hydrogen-bond acceptors (Lipinski definition) is 1. The largest absolute Gasteiger partial charge is 0.370 e. The second-order valence-corrected chi connectivity index (χ2v) is 6.29. The Morgan fingerprint density at radius 1 is 0.885 bits per heavy atom. The van der Waals surface area contributed by atoms with Gasteiger partial charge < -0.3 is 11.1 Å². The van der Waals surface area contributed by atoms with Crippen molar-refractivity contribution in [3.05, 3.63) is 77.4 Å². The zero-order chi connectivity index (χ0) is 17.1. The van der Waals surface area contributed by atoms with Gasteiger partial charge in [0.2, 0.25) is 0 Å². The van der Waals surface area contributed by atoms with E-state index in [2.05, 4.69) is 77.1 Å². The SMILES string of the molecule is Cl.NC(=NCCCc1ccccc1)Nc1ccc2c3c(cccc13)C=C2. The molecule has 0 fully saturated rings. The van der Waals surface area contributed by atoms with Crippen molar-refractivity contribution in [1.29, 1.82) is 0 Å². The van der Waals surface area contributed by atoms with E-state index >= 15 is 0 Å². The number of aliphatic imine (C=N–C) groups is 1. The van der Waals surface area contributed by atoms with Crippen LogP contribution in [0.4, 0.5) is 5.69 Å². The number of halogens is 1. The van der Waals surface area contributed by atoms with Gasteiger partial charge in [0.25, 0.3) is 0 Å². The third-order valence-corrected chi connectivity index (χ3v) is 4.56. The standard InChI is InChI=1S/C22H21N3.ClH/c23-22(24-15-5-8-16-6-2-1-3-7-16)25-20-14-13-18-12-11-17-9-4-10-19(20)21(17)18;/h1-4,6-7,9-14H,5,8,15H2,(H3,23,24,25);1H. The quantitative estimate of drug-likeness (QED) is 0.294. The van der Waals surface area contributed by atoms with Crippen LogP contribution >= 0.6 is 12.4 Å². The van der Waals surface area contributed by atoms with Crippen LogP contribution in [0.15, 0.2) is 65.7 Å². The van der Waals surface area contributed by atoms with E-state index in [0.717, 1.165) is 25.1 Å². The first-order valence-electron chi connectivity index (χ1n) is 8.66. The van der Waals surface area contributed by atoms with E-state index in [4.69, 9.17) is 5.73 Å². The molecule has 4 rings (SSSR count). The van der Waals surface area contributed by atoms with Crippen LogP contribution in [0.1, 0.15) is 23.1 Å². The van der Waals surface area contributed by atoms with Gasteiger partial charge in [-0.25, -0.2) is 0 Å². The number of nitrogens with one attached hydrogen (secondary N) is 1. The summed E-state index contributed by atoms with van der Waals surface area (Å²) in [6.45, 7) is 0.719. The van der Waals surface area contributed by atoms with Crippen LogP contribution in [-0.2, 0) is 6.42 Å². The maximum absolute atomic E-state index is 6.09. The van der Waals surface area contributed by atoms with Crippen molar-refractivity contribution in [1.82, 2.24) is 0 Å². The molecule has 0 saturated carbocycles. The molecule has 0 atom stereocenters. The highest BCUT2D eigenvalue weighted by atomic mass is 35.5. The summed E-state index contributed by atoms with van der Waals surface area (Å²) >= 11 is 0. The minimum Gasteiger partial charge on any atom is -0.370 e. The molecule has 26 heavy (non-hydrogen) atoms. The number of guanidine groups is 1. The van der Waals surface area contributed by atoms with Crippen LogP contribution in [0.3, 0.4) is 0 Å². The van der Waals surface area contributed by atoms with E-state index in [1.54, 1.807) is 0 Å². The maximum Gasteiger partial charge on any atom is 0.193 e. The molecule has 0 aromatic heterocycles. The smallest absolute Gasteiger partial charge is 0.193 e. The Hall–Kier alpha value is -2.78. The number of anilines is 1. The lowest BCUT2D eigenvalue weighted by atomic mass is 10.0. The summed E-state index contributed by atoms with van der Waals surface area (Å²) < 4.78 is 0. The van der Waals surface area contributed by atoms with E-state index in [1.807, 2.05) is 6.07 Å². The Balaban J connectivity index is 0.00000196. The van der Waals surface area contributed by atoms with Crippen molar-refractivity contribution in [2.45, 2.75) is 12.8 Å². The van der Waals surface area contributed by atoms with Gasteiger partial charge >= 0.3 is 0 Å². The summed E-state index contributed by atoms with van der Waals surface area (Å²) in [7, 11) is 0. The monoisotopic (exact) mass is 363 g/mol. The van der Waals surface area contributed by atoms with Crippen molar-refractivity contribution in [2.24, 2.45) is 10.7 Å². The number of nitrogens with two attached hydrogens (primary N) is 1. The highest BCUT2D eigenvalue weighted by Crippen LogP contribution is 2.35. The van der Waals surface area contributed by atoms with Crippen LogP contribution in [0, 0.1) is 0 Å². The molecule has 3 N–H and O–H groups in total. The van der Waals surface area contributed by atoms with Gasteiger partial charge in [0.15, 0.2) is 5.96 Å². The van der Waals surface area contributed by atoms with E-state index in [9.17, 15) is 0 Å². The molecule has 0 radical (unpaired) electrons. The van der Waals surface area contributed by atoms with Gasteiger partial charge in [0, 0.05) is 17.6 Å². The molecule has 3 nitrogen and oxygen atoms in total. The Bertz CT molecular complexity index is 950. The third-order valence-electron chi connectivity index (χ3n) is 4.56. The fourth-order valence-corrected chi connectivity index (χ4v) is 3.33. The minimum atomic E-state index is 0. The molecule has 0 unspecified atom stereocenters. The number of hydrogen-bond donors (Lipinski definition) is 2. The maximum atomic E-state index is 6.09. The van der Waals surface area contributed by atoms with Crippen LogP contribution in [0.2, 0.25) is 0 Å². The lowest BCUT2D eigenvalue weighted by Gasteiger charge is -2.11. The van der Waals surface area contributed by atoms with Gasteiger partial charge in [-0.1, -0.05) is 66.7 Å². The number of benzene rings is 3. The topological polar surface area (TPSA) is 50.4 Å². The van der Waals surface area contributed by atoms with Crippen LogP contribution in [0.5, 0.6) is 0 Å². The van der Waals surface area contributed by atoms with Gasteiger partial charge in [0.05, 0.1) is 0 Å². The van der Waals surface area contributed by atoms with Crippen molar-refractivity contribution < 1.29 is 0 Å². The average Bonchev–Trinajstić information content (AvgIpc) is 3.07. The molecule has 1 aliphatic carbocycles. The van der Waals surface area contributed by atoms with Crippen LogP contribution in [0.25, 0.3) is 22.9 Å². The molecule has 4 heteroatoms. The lowest BCUT2D eigenvalue weighted by molar-refractivity contribution is 0.832. The van der Waals surface area contributed by atoms with Gasteiger partial charge in [-0.3, -0.25) is 4.99 Å². The average molecular weight is 364 g/mol. The van der Waals surface area contributed by atoms with E-state index in [-0.39, 0.29) is 12.4 Å². The lowest BCUT2D eigenvalue weighted by Crippen LogP contribution is -2.23. The molecule has 0 heterocycles. The molecule has 1 aliphatic rings. The normalized spacial score (nSPS) is 12.2. The molecule has 0 aliphatic heterocycles. The summed E-state index contributed by atoms with van der Waals surface area (Å²) in [6, 6.07) is 21.0. The highest BCUT2D eigenvalue weighted by Gasteiger charge is 2.11. The first-order valence-corrected chi connectivity index (χ1v) is 8.66. The molecular formula is C22H22ClN3. The van der Waals surface area contributed by atoms with E-state index in [1.165, 1.54) is 27.5 Å². The predicted octanol–water partition coefficient (Wildman–Crippen LogP) is 5.10. The number of nitrogens with zero attached hydrogens (tertiary/aromatic N) is 1. The van der Waals surface area contributed by atoms with Crippen molar-refractivity contribution in [3.8, 4) is 0 Å². The second-order valence-electron chi connectivity index (χ2n) is 6.29. The van der Waals surface area contributed by atoms with E-state index in [0.29, 0.717) is 5.96 Å². The fourth-order valence-electron chi connectivity index (χ4n) is 3.33. The first kappa shape index (κ1) is 18.0. The summed E-state index contributed by atoms with van der Waals surface area (Å²) in [5.41, 5.74) is 11.0. The predicted molar refractivity (Wildman–Crippen MR) is 115 cm³/mol. The summed E-state index contributed by atoms with van der Waals surface area (Å²) in [4.78, 5) is 4.47. The molecule has 0 saturated heterocycles. The van der Waals surface area contributed by atoms with Crippen molar-refractivity contribution >= 4 is 47.0 Å². The molecule has 132 valence electrons. The first-order chi connectivity index (χ1) is 12.3. The van der Waals surface area contributed by atoms with Crippen LogP contribution < -0.4 is 11.1 Å². The molecule has 0 spiro atoms. The van der Waals surface area contributed by atoms with Gasteiger partial charge in [-0.2, -0.15) is 0 Å².